The van der Waals surface area contributed by atoms with Gasteiger partial charge in [-0.3, -0.25) is 18.7 Å². The number of nitrogens with one attached hydrogen (secondary N) is 1. The number of aryl methyl sites for hydroxylation is 1. The van der Waals surface area contributed by atoms with E-state index in [1.807, 2.05) is 38.1 Å². The SMILES string of the molecule is CCCNC(=O)[C@@H](C)N(Cc1ccc(C)cc1)C(=O)CN(c1cccc(C(C)=O)c1)S(C)(=O)=O. The molecule has 1 N–H and O–H groups in total. The van der Waals surface area contributed by atoms with E-state index in [1.54, 1.807) is 19.1 Å². The van der Waals surface area contributed by atoms with Crippen molar-refractivity contribution in [3.8, 4) is 0 Å². The van der Waals surface area contributed by atoms with Gasteiger partial charge in [0.1, 0.15) is 12.6 Å². The van der Waals surface area contributed by atoms with Crippen molar-refractivity contribution in [2.45, 2.75) is 46.7 Å². The molecule has 8 nitrogen and oxygen atoms in total. The molecule has 0 unspecified atom stereocenters. The number of ketones is 1. The highest BCUT2D eigenvalue weighted by molar-refractivity contribution is 7.92. The lowest BCUT2D eigenvalue weighted by Crippen LogP contribution is -2.51. The zero-order valence-electron chi connectivity index (χ0n) is 20.4. The first-order chi connectivity index (χ1) is 15.9. The van der Waals surface area contributed by atoms with Gasteiger partial charge in [-0.1, -0.05) is 48.9 Å². The van der Waals surface area contributed by atoms with Crippen molar-refractivity contribution in [3.05, 3.63) is 65.2 Å². The van der Waals surface area contributed by atoms with Gasteiger partial charge in [0.05, 0.1) is 11.9 Å². The lowest BCUT2D eigenvalue weighted by Gasteiger charge is -2.31. The molecule has 184 valence electrons. The lowest BCUT2D eigenvalue weighted by atomic mass is 10.1. The third-order valence-corrected chi connectivity index (χ3v) is 6.55. The largest absolute Gasteiger partial charge is 0.354 e. The zero-order chi connectivity index (χ0) is 25.5. The second-order valence-corrected chi connectivity index (χ2v) is 10.3. The number of hydrogen-bond acceptors (Lipinski definition) is 5. The normalized spacial score (nSPS) is 12.0. The quantitative estimate of drug-likeness (QED) is 0.491. The van der Waals surface area contributed by atoms with E-state index in [0.29, 0.717) is 12.1 Å². The van der Waals surface area contributed by atoms with E-state index in [1.165, 1.54) is 24.0 Å². The number of carbonyl (C=O) groups excluding carboxylic acids is 3. The number of Topliss-reactive ketones (excluding diaryl/α,β-unsaturated/α-hetero) is 1. The Morgan fingerprint density at radius 3 is 2.26 bits per heavy atom. The van der Waals surface area contributed by atoms with Gasteiger partial charge in [-0.2, -0.15) is 0 Å². The van der Waals surface area contributed by atoms with Gasteiger partial charge >= 0.3 is 0 Å². The Kier molecular flexibility index (Phi) is 9.37. The van der Waals surface area contributed by atoms with Crippen molar-refractivity contribution in [1.82, 2.24) is 10.2 Å². The predicted octanol–water partition coefficient (Wildman–Crippen LogP) is 2.91. The van der Waals surface area contributed by atoms with Crippen LogP contribution in [0, 0.1) is 6.92 Å². The number of benzene rings is 2. The number of nitrogens with zero attached hydrogens (tertiary/aromatic N) is 2. The van der Waals surface area contributed by atoms with E-state index in [9.17, 15) is 22.8 Å². The van der Waals surface area contributed by atoms with Gasteiger partial charge in [-0.25, -0.2) is 8.42 Å². The number of anilines is 1. The molecule has 2 rings (SSSR count). The summed E-state index contributed by atoms with van der Waals surface area (Å²) >= 11 is 0. The maximum Gasteiger partial charge on any atom is 0.244 e. The smallest absolute Gasteiger partial charge is 0.244 e. The number of hydrogen-bond donors (Lipinski definition) is 1. The van der Waals surface area contributed by atoms with Crippen LogP contribution < -0.4 is 9.62 Å². The summed E-state index contributed by atoms with van der Waals surface area (Å²) in [4.78, 5) is 39.3. The van der Waals surface area contributed by atoms with Crippen LogP contribution in [-0.2, 0) is 26.2 Å². The van der Waals surface area contributed by atoms with Gasteiger partial charge in [0.15, 0.2) is 5.78 Å². The Hall–Kier alpha value is -3.20. The van der Waals surface area contributed by atoms with Crippen LogP contribution in [0.25, 0.3) is 0 Å². The molecule has 0 fully saturated rings. The van der Waals surface area contributed by atoms with E-state index in [2.05, 4.69) is 5.32 Å². The summed E-state index contributed by atoms with van der Waals surface area (Å²) in [6, 6.07) is 12.9. The molecule has 0 saturated carbocycles. The first-order valence-corrected chi connectivity index (χ1v) is 13.0. The van der Waals surface area contributed by atoms with E-state index >= 15 is 0 Å². The lowest BCUT2D eigenvalue weighted by molar-refractivity contribution is -0.139. The summed E-state index contributed by atoms with van der Waals surface area (Å²) in [7, 11) is -3.85. The van der Waals surface area contributed by atoms with Crippen molar-refractivity contribution in [2.75, 3.05) is 23.7 Å². The summed E-state index contributed by atoms with van der Waals surface area (Å²) in [5.74, 6) is -1.06. The number of carbonyl (C=O) groups is 3. The Bertz CT molecular complexity index is 1130. The summed E-state index contributed by atoms with van der Waals surface area (Å²) in [5.41, 5.74) is 2.42. The fourth-order valence-corrected chi connectivity index (χ4v) is 4.20. The van der Waals surface area contributed by atoms with Crippen molar-refractivity contribution >= 4 is 33.3 Å². The van der Waals surface area contributed by atoms with Gasteiger partial charge in [0, 0.05) is 18.7 Å². The molecular formula is C25H33N3O5S. The fourth-order valence-electron chi connectivity index (χ4n) is 3.36. The standard InChI is InChI=1S/C25H33N3O5S/c1-6-14-26-25(31)19(3)27(16-21-12-10-18(2)11-13-21)24(30)17-28(34(5,32)33)23-9-7-8-22(15-23)20(4)29/h7-13,15,19H,6,14,16-17H2,1-5H3,(H,26,31)/t19-/m1/s1. The third-order valence-electron chi connectivity index (χ3n) is 5.41. The molecular weight excluding hydrogens is 454 g/mol. The maximum atomic E-state index is 13.5. The van der Waals surface area contributed by atoms with Crippen molar-refractivity contribution in [1.29, 1.82) is 0 Å². The summed E-state index contributed by atoms with van der Waals surface area (Å²) in [6.07, 6.45) is 1.75. The van der Waals surface area contributed by atoms with Crippen molar-refractivity contribution in [2.24, 2.45) is 0 Å². The van der Waals surface area contributed by atoms with Gasteiger partial charge in [0.25, 0.3) is 0 Å². The van der Waals surface area contributed by atoms with Gasteiger partial charge in [0.2, 0.25) is 21.8 Å². The van der Waals surface area contributed by atoms with Crippen LogP contribution in [0.1, 0.15) is 48.7 Å². The highest BCUT2D eigenvalue weighted by Crippen LogP contribution is 2.21. The molecule has 0 radical (unpaired) electrons. The molecule has 1 atom stereocenters. The molecule has 0 aliphatic rings. The molecule has 0 spiro atoms. The van der Waals surface area contributed by atoms with Gasteiger partial charge < -0.3 is 10.2 Å². The monoisotopic (exact) mass is 487 g/mol. The van der Waals surface area contributed by atoms with Crippen molar-refractivity contribution < 1.29 is 22.8 Å². The van der Waals surface area contributed by atoms with E-state index < -0.39 is 28.5 Å². The zero-order valence-corrected chi connectivity index (χ0v) is 21.2. The highest BCUT2D eigenvalue weighted by Gasteiger charge is 2.30. The maximum absolute atomic E-state index is 13.5. The third kappa shape index (κ3) is 7.41. The predicted molar refractivity (Wildman–Crippen MR) is 133 cm³/mol. The molecule has 0 saturated heterocycles. The topological polar surface area (TPSA) is 104 Å². The number of rotatable bonds is 11. The van der Waals surface area contributed by atoms with Crippen LogP contribution in [0.4, 0.5) is 5.69 Å². The van der Waals surface area contributed by atoms with E-state index in [0.717, 1.165) is 28.1 Å². The minimum absolute atomic E-state index is 0.144. The number of sulfonamides is 1. The summed E-state index contributed by atoms with van der Waals surface area (Å²) in [5, 5.41) is 2.80. The molecule has 0 heterocycles. The average Bonchev–Trinajstić information content (AvgIpc) is 2.79. The molecule has 9 heteroatoms. The van der Waals surface area contributed by atoms with Gasteiger partial charge in [-0.05, 0) is 44.9 Å². The molecule has 34 heavy (non-hydrogen) atoms. The van der Waals surface area contributed by atoms with E-state index in [-0.39, 0.29) is 23.9 Å². The van der Waals surface area contributed by atoms with Crippen LogP contribution in [0.2, 0.25) is 0 Å². The van der Waals surface area contributed by atoms with Crippen LogP contribution in [0.5, 0.6) is 0 Å². The van der Waals surface area contributed by atoms with Crippen molar-refractivity contribution in [3.63, 3.8) is 0 Å². The Labute approximate surface area is 202 Å². The second kappa shape index (κ2) is 11.8. The minimum atomic E-state index is -3.85. The number of amides is 2. The molecule has 2 aromatic rings. The van der Waals surface area contributed by atoms with E-state index in [4.69, 9.17) is 0 Å². The summed E-state index contributed by atoms with van der Waals surface area (Å²) in [6.45, 7) is 7.00. The Balaban J connectivity index is 2.40. The molecule has 2 aromatic carbocycles. The highest BCUT2D eigenvalue weighted by atomic mass is 32.2. The fraction of sp³-hybridized carbons (Fsp3) is 0.400. The second-order valence-electron chi connectivity index (χ2n) is 8.35. The molecule has 2 amide bonds. The first-order valence-electron chi connectivity index (χ1n) is 11.2. The van der Waals surface area contributed by atoms with Crippen LogP contribution >= 0.6 is 0 Å². The minimum Gasteiger partial charge on any atom is -0.354 e. The molecule has 0 aliphatic heterocycles. The average molecular weight is 488 g/mol. The first kappa shape index (κ1) is 27.0. The van der Waals surface area contributed by atoms with Crippen LogP contribution in [0.3, 0.4) is 0 Å². The molecule has 0 bridgehead atoms. The van der Waals surface area contributed by atoms with Gasteiger partial charge in [-0.15, -0.1) is 0 Å². The van der Waals surface area contributed by atoms with Crippen LogP contribution in [0.15, 0.2) is 48.5 Å². The Morgan fingerprint density at radius 1 is 1.06 bits per heavy atom. The molecule has 0 aromatic heterocycles. The molecule has 0 aliphatic carbocycles. The Morgan fingerprint density at radius 2 is 1.71 bits per heavy atom. The van der Waals surface area contributed by atoms with Crippen LogP contribution in [-0.4, -0.2) is 56.3 Å². The summed E-state index contributed by atoms with van der Waals surface area (Å²) < 4.78 is 26.2.